The normalized spacial score (nSPS) is 15.0. The Bertz CT molecular complexity index is 3210. The van der Waals surface area contributed by atoms with E-state index in [1.165, 1.54) is 10.6 Å². The van der Waals surface area contributed by atoms with E-state index in [4.69, 9.17) is 32.8 Å². The van der Waals surface area contributed by atoms with Crippen LogP contribution in [0.2, 0.25) is 0 Å². The molecule has 0 aliphatic rings. The molecule has 230 valence electrons. The van der Waals surface area contributed by atoms with E-state index in [-0.39, 0.29) is 61.7 Å². The molecule has 0 aliphatic carbocycles. The summed E-state index contributed by atoms with van der Waals surface area (Å²) in [4.78, 5) is 14.7. The Morgan fingerprint density at radius 1 is 0.367 bits per heavy atom. The van der Waals surface area contributed by atoms with Crippen molar-refractivity contribution in [3.63, 3.8) is 0 Å². The van der Waals surface area contributed by atoms with E-state index in [1.807, 2.05) is 84.9 Å². The van der Waals surface area contributed by atoms with Crippen LogP contribution < -0.4 is 0 Å². The molecule has 2 heterocycles. The van der Waals surface area contributed by atoms with E-state index in [2.05, 4.69) is 0 Å². The molecule has 0 atom stereocenters. The second-order valence-corrected chi connectivity index (χ2v) is 11.2. The lowest BCUT2D eigenvalue weighted by molar-refractivity contribution is 1.07. The highest BCUT2D eigenvalue weighted by Gasteiger charge is 2.17. The second kappa shape index (κ2) is 12.2. The molecule has 4 nitrogen and oxygen atoms in total. The van der Waals surface area contributed by atoms with Crippen molar-refractivity contribution in [2.75, 3.05) is 0 Å². The van der Waals surface area contributed by atoms with Crippen LogP contribution in [0.25, 0.3) is 83.9 Å². The van der Waals surface area contributed by atoms with Crippen molar-refractivity contribution >= 4 is 21.8 Å². The van der Waals surface area contributed by atoms with Crippen molar-refractivity contribution in [3.05, 3.63) is 182 Å². The van der Waals surface area contributed by atoms with Gasteiger partial charge >= 0.3 is 0 Å². The summed E-state index contributed by atoms with van der Waals surface area (Å²) >= 11 is 0. The number of hydrogen-bond acceptors (Lipinski definition) is 3. The molecule has 0 amide bonds. The monoisotopic (exact) mass is 639 g/mol. The Balaban J connectivity index is 1.40. The maximum atomic E-state index is 9.11. The third kappa shape index (κ3) is 5.35. The Labute approximate surface area is 302 Å². The van der Waals surface area contributed by atoms with Gasteiger partial charge in [-0.2, -0.15) is 0 Å². The van der Waals surface area contributed by atoms with Gasteiger partial charge in [0.25, 0.3) is 0 Å². The van der Waals surface area contributed by atoms with Gasteiger partial charge in [-0.15, -0.1) is 0 Å². The van der Waals surface area contributed by atoms with Gasteiger partial charge in [0.05, 0.1) is 28.9 Å². The zero-order valence-electron chi connectivity index (χ0n) is 38.6. The van der Waals surface area contributed by atoms with E-state index in [1.54, 1.807) is 12.1 Å². The number of nitrogens with zero attached hydrogens (tertiary/aromatic N) is 4. The fraction of sp³-hybridized carbons (Fsp3) is 0. The topological polar surface area (TPSA) is 43.6 Å². The van der Waals surface area contributed by atoms with Crippen LogP contribution in [-0.4, -0.2) is 19.5 Å². The van der Waals surface area contributed by atoms with E-state index in [0.717, 1.165) is 11.1 Å². The molecule has 0 aliphatic heterocycles. The van der Waals surface area contributed by atoms with Crippen LogP contribution in [0.1, 0.15) is 17.8 Å². The van der Waals surface area contributed by atoms with Crippen LogP contribution in [0.5, 0.6) is 0 Å². The first-order valence-electron chi connectivity index (χ1n) is 21.9. The highest BCUT2D eigenvalue weighted by atomic mass is 15.0. The Morgan fingerprint density at radius 3 is 1.43 bits per heavy atom. The van der Waals surface area contributed by atoms with Crippen molar-refractivity contribution in [3.8, 4) is 62.1 Å². The van der Waals surface area contributed by atoms with Gasteiger partial charge in [0.2, 0.25) is 0 Å². The van der Waals surface area contributed by atoms with E-state index >= 15 is 0 Å². The minimum atomic E-state index is -0.614. The zero-order valence-corrected chi connectivity index (χ0v) is 25.6. The number of benzene rings is 7. The van der Waals surface area contributed by atoms with Gasteiger partial charge in [-0.25, -0.2) is 15.0 Å². The van der Waals surface area contributed by atoms with Crippen molar-refractivity contribution in [1.82, 2.24) is 19.5 Å². The van der Waals surface area contributed by atoms with Gasteiger partial charge < -0.3 is 4.57 Å². The van der Waals surface area contributed by atoms with E-state index in [0.29, 0.717) is 11.1 Å². The van der Waals surface area contributed by atoms with Crippen molar-refractivity contribution < 1.29 is 17.8 Å². The molecule has 2 aromatic heterocycles. The molecule has 0 spiro atoms. The third-order valence-corrected chi connectivity index (χ3v) is 8.17. The van der Waals surface area contributed by atoms with Gasteiger partial charge in [-0.05, 0) is 52.5 Å². The highest BCUT2D eigenvalue weighted by molar-refractivity contribution is 6.09. The number of hydrogen-bond donors (Lipinski definition) is 0. The summed E-state index contributed by atoms with van der Waals surface area (Å²) in [5.41, 5.74) is 3.10. The lowest BCUT2D eigenvalue weighted by atomic mass is 10.0. The third-order valence-electron chi connectivity index (χ3n) is 8.17. The SMILES string of the molecule is [2H]c1c([2H])c([2H])c(-c2cc(-c3nc(-c4ccccc4)nc(-c4ccc(-c5ccccc5)cc4)n3)cc(-n3c4c([2H])c([2H])c([2H])c([2H])c4c4c([2H])c([2H])c([2H])c([2H])c43)c2)c([2H])c1[2H]. The van der Waals surface area contributed by atoms with Gasteiger partial charge in [0.1, 0.15) is 0 Å². The Hall–Kier alpha value is -6.65. The average molecular weight is 640 g/mol. The molecule has 0 fully saturated rings. The largest absolute Gasteiger partial charge is 0.309 e. The maximum absolute atomic E-state index is 9.11. The standard InChI is InChI=1S/C45H30N4/c1-4-14-31(15-5-1)33-24-26-35(27-25-33)44-46-43(34-18-8-3-9-19-34)47-45(48-44)37-28-36(32-16-6-2-7-17-32)29-38(30-37)49-41-22-12-10-20-39(41)40-21-11-13-23-42(40)49/h1-30H/i2D,6D,7D,10D,11D,12D,13D,16D,17D,20D,21D,22D,23D. The molecule has 9 rings (SSSR count). The molecule has 0 saturated heterocycles. The lowest BCUT2D eigenvalue weighted by Gasteiger charge is -2.14. The molecule has 9 aromatic rings. The molecule has 0 saturated carbocycles. The van der Waals surface area contributed by atoms with E-state index in [9.17, 15) is 0 Å². The van der Waals surface area contributed by atoms with Crippen LogP contribution in [0.4, 0.5) is 0 Å². The molecular weight excluding hydrogens is 597 g/mol. The lowest BCUT2D eigenvalue weighted by Crippen LogP contribution is -2.02. The highest BCUT2D eigenvalue weighted by Crippen LogP contribution is 2.36. The van der Waals surface area contributed by atoms with Gasteiger partial charge in [-0.1, -0.05) is 151 Å². The molecule has 0 unspecified atom stereocenters. The Morgan fingerprint density at radius 2 is 0.816 bits per heavy atom. The summed E-state index contributed by atoms with van der Waals surface area (Å²) in [5.74, 6) is 0.650. The molecule has 0 bridgehead atoms. The molecule has 49 heavy (non-hydrogen) atoms. The zero-order chi connectivity index (χ0) is 43.9. The molecular formula is C45H30N4. The quantitative estimate of drug-likeness (QED) is 0.182. The summed E-state index contributed by atoms with van der Waals surface area (Å²) in [6.45, 7) is 0. The number of rotatable bonds is 6. The fourth-order valence-electron chi connectivity index (χ4n) is 5.88. The van der Waals surface area contributed by atoms with Gasteiger partial charge in [0, 0.05) is 33.2 Å². The summed E-state index contributed by atoms with van der Waals surface area (Å²) < 4.78 is 115. The van der Waals surface area contributed by atoms with Crippen molar-refractivity contribution in [2.24, 2.45) is 0 Å². The fourth-order valence-corrected chi connectivity index (χ4v) is 5.88. The molecule has 0 N–H and O–H groups in total. The maximum Gasteiger partial charge on any atom is 0.164 e. The molecule has 7 aromatic carbocycles. The summed E-state index contributed by atoms with van der Waals surface area (Å²) in [7, 11) is 0. The molecule has 0 radical (unpaired) electrons. The average Bonchev–Trinajstić information content (AvgIpc) is 3.67. The van der Waals surface area contributed by atoms with Crippen LogP contribution in [-0.2, 0) is 0 Å². The van der Waals surface area contributed by atoms with Gasteiger partial charge in [-0.3, -0.25) is 0 Å². The van der Waals surface area contributed by atoms with Crippen LogP contribution in [0.15, 0.2) is 182 Å². The first-order valence-corrected chi connectivity index (χ1v) is 15.4. The van der Waals surface area contributed by atoms with Crippen molar-refractivity contribution in [2.45, 2.75) is 0 Å². The van der Waals surface area contributed by atoms with Crippen molar-refractivity contribution in [1.29, 1.82) is 0 Å². The predicted molar refractivity (Wildman–Crippen MR) is 201 cm³/mol. The van der Waals surface area contributed by atoms with Crippen LogP contribution in [0, 0.1) is 0 Å². The number of para-hydroxylation sites is 2. The number of aromatic nitrogens is 4. The summed E-state index contributed by atoms with van der Waals surface area (Å²) in [6, 6.07) is 23.8. The van der Waals surface area contributed by atoms with E-state index < -0.39 is 78.6 Å². The number of fused-ring (bicyclic) bond motifs is 3. The first kappa shape index (κ1) is 18.0. The molecule has 4 heteroatoms. The minimum absolute atomic E-state index is 0.0646. The predicted octanol–water partition coefficient (Wildman–Crippen LogP) is 11.3. The Kier molecular flexibility index (Phi) is 4.48. The van der Waals surface area contributed by atoms with Crippen LogP contribution in [0.3, 0.4) is 0 Å². The van der Waals surface area contributed by atoms with Crippen LogP contribution >= 0.6 is 0 Å². The second-order valence-electron chi connectivity index (χ2n) is 11.2. The smallest absolute Gasteiger partial charge is 0.164 e. The minimum Gasteiger partial charge on any atom is -0.309 e. The summed E-state index contributed by atoms with van der Waals surface area (Å²) in [6.07, 6.45) is 0. The first-order chi connectivity index (χ1) is 29.7. The summed E-state index contributed by atoms with van der Waals surface area (Å²) in [5, 5.41) is -0.305. The van der Waals surface area contributed by atoms with Gasteiger partial charge in [0.15, 0.2) is 17.5 Å².